The van der Waals surface area contributed by atoms with Gasteiger partial charge < -0.3 is 10.6 Å². The molecular formula is C11H20N4. The summed E-state index contributed by atoms with van der Waals surface area (Å²) >= 11 is 0. The van der Waals surface area contributed by atoms with E-state index in [2.05, 4.69) is 28.1 Å². The minimum absolute atomic E-state index is 0.553. The van der Waals surface area contributed by atoms with Crippen molar-refractivity contribution in [3.63, 3.8) is 0 Å². The number of nitrogens with zero attached hydrogens (tertiary/aromatic N) is 2. The van der Waals surface area contributed by atoms with Gasteiger partial charge in [-0.3, -0.25) is 5.10 Å². The van der Waals surface area contributed by atoms with Crippen LogP contribution in [0.3, 0.4) is 0 Å². The molecule has 1 aliphatic rings. The molecule has 1 saturated heterocycles. The number of hydrogen-bond donors (Lipinski definition) is 2. The molecule has 0 aliphatic carbocycles. The SMILES string of the molecule is CCN1CCCC(c2cc(CN)[nH]n2)C1. The van der Waals surface area contributed by atoms with Crippen LogP contribution in [0.25, 0.3) is 0 Å². The summed E-state index contributed by atoms with van der Waals surface area (Å²) in [6, 6.07) is 2.11. The van der Waals surface area contributed by atoms with Gasteiger partial charge in [0.15, 0.2) is 0 Å². The smallest absolute Gasteiger partial charge is 0.0669 e. The molecule has 2 heterocycles. The first-order valence-electron chi connectivity index (χ1n) is 5.80. The maximum absolute atomic E-state index is 5.56. The van der Waals surface area contributed by atoms with E-state index in [-0.39, 0.29) is 0 Å². The largest absolute Gasteiger partial charge is 0.325 e. The Labute approximate surface area is 90.8 Å². The van der Waals surface area contributed by atoms with Gasteiger partial charge in [-0.1, -0.05) is 6.92 Å². The van der Waals surface area contributed by atoms with Gasteiger partial charge in [0.05, 0.1) is 5.69 Å². The summed E-state index contributed by atoms with van der Waals surface area (Å²) in [7, 11) is 0. The Kier molecular flexibility index (Phi) is 3.38. The Morgan fingerprint density at radius 3 is 3.20 bits per heavy atom. The molecule has 4 heteroatoms. The van der Waals surface area contributed by atoms with Gasteiger partial charge in [-0.15, -0.1) is 0 Å². The molecule has 0 saturated carbocycles. The summed E-state index contributed by atoms with van der Waals surface area (Å²) in [6.45, 7) is 6.30. The molecule has 0 spiro atoms. The molecule has 1 unspecified atom stereocenters. The summed E-state index contributed by atoms with van der Waals surface area (Å²) in [4.78, 5) is 2.49. The first kappa shape index (κ1) is 10.6. The summed E-state index contributed by atoms with van der Waals surface area (Å²) in [5, 5.41) is 7.34. The van der Waals surface area contributed by atoms with Gasteiger partial charge in [0, 0.05) is 24.7 Å². The van der Waals surface area contributed by atoms with Crippen molar-refractivity contribution < 1.29 is 0 Å². The second-order valence-corrected chi connectivity index (χ2v) is 4.25. The van der Waals surface area contributed by atoms with E-state index in [1.54, 1.807) is 0 Å². The van der Waals surface area contributed by atoms with E-state index in [1.165, 1.54) is 25.1 Å². The van der Waals surface area contributed by atoms with Crippen molar-refractivity contribution in [2.24, 2.45) is 5.73 Å². The second-order valence-electron chi connectivity index (χ2n) is 4.25. The third-order valence-corrected chi connectivity index (χ3v) is 3.24. The van der Waals surface area contributed by atoms with Crippen LogP contribution < -0.4 is 5.73 Å². The van der Waals surface area contributed by atoms with Crippen molar-refractivity contribution in [1.82, 2.24) is 15.1 Å². The molecule has 1 aliphatic heterocycles. The van der Waals surface area contributed by atoms with Crippen molar-refractivity contribution in [3.8, 4) is 0 Å². The van der Waals surface area contributed by atoms with Crippen LogP contribution >= 0.6 is 0 Å². The number of aromatic amines is 1. The monoisotopic (exact) mass is 208 g/mol. The number of piperidine rings is 1. The Hall–Kier alpha value is -0.870. The highest BCUT2D eigenvalue weighted by molar-refractivity contribution is 5.14. The lowest BCUT2D eigenvalue weighted by molar-refractivity contribution is 0.216. The van der Waals surface area contributed by atoms with Gasteiger partial charge in [0.1, 0.15) is 0 Å². The molecule has 0 aromatic carbocycles. The fraction of sp³-hybridized carbons (Fsp3) is 0.727. The minimum Gasteiger partial charge on any atom is -0.325 e. The summed E-state index contributed by atoms with van der Waals surface area (Å²) < 4.78 is 0. The summed E-state index contributed by atoms with van der Waals surface area (Å²) in [5.41, 5.74) is 7.79. The predicted molar refractivity (Wildman–Crippen MR) is 60.6 cm³/mol. The summed E-state index contributed by atoms with van der Waals surface area (Å²) in [6.07, 6.45) is 2.54. The Morgan fingerprint density at radius 2 is 2.53 bits per heavy atom. The molecule has 4 nitrogen and oxygen atoms in total. The molecule has 1 aromatic rings. The maximum Gasteiger partial charge on any atom is 0.0669 e. The molecule has 1 fully saturated rings. The Balaban J connectivity index is 2.03. The third-order valence-electron chi connectivity index (χ3n) is 3.24. The molecule has 1 atom stereocenters. The molecule has 15 heavy (non-hydrogen) atoms. The number of nitrogens with one attached hydrogen (secondary N) is 1. The van der Waals surface area contributed by atoms with Crippen molar-refractivity contribution in [1.29, 1.82) is 0 Å². The van der Waals surface area contributed by atoms with Gasteiger partial charge >= 0.3 is 0 Å². The van der Waals surface area contributed by atoms with Crippen LogP contribution in [-0.4, -0.2) is 34.7 Å². The van der Waals surface area contributed by atoms with Crippen LogP contribution in [0.2, 0.25) is 0 Å². The number of likely N-dealkylation sites (N-methyl/N-ethyl adjacent to an activating group) is 1. The molecule has 3 N–H and O–H groups in total. The van der Waals surface area contributed by atoms with Gasteiger partial charge in [0.25, 0.3) is 0 Å². The lowest BCUT2D eigenvalue weighted by Gasteiger charge is -2.30. The van der Waals surface area contributed by atoms with E-state index < -0.39 is 0 Å². The van der Waals surface area contributed by atoms with Crippen molar-refractivity contribution in [3.05, 3.63) is 17.5 Å². The zero-order valence-corrected chi connectivity index (χ0v) is 9.37. The highest BCUT2D eigenvalue weighted by Crippen LogP contribution is 2.25. The lowest BCUT2D eigenvalue weighted by Crippen LogP contribution is -2.34. The lowest BCUT2D eigenvalue weighted by atomic mass is 9.95. The maximum atomic E-state index is 5.56. The van der Waals surface area contributed by atoms with Crippen molar-refractivity contribution >= 4 is 0 Å². The second kappa shape index (κ2) is 4.77. The predicted octanol–water partition coefficient (Wildman–Crippen LogP) is 1.07. The standard InChI is InChI=1S/C11H20N4/c1-2-15-5-3-4-9(8-15)11-6-10(7-12)13-14-11/h6,9H,2-5,7-8,12H2,1H3,(H,13,14). The van der Waals surface area contributed by atoms with Crippen LogP contribution in [0, 0.1) is 0 Å². The van der Waals surface area contributed by atoms with E-state index >= 15 is 0 Å². The number of hydrogen-bond acceptors (Lipinski definition) is 3. The van der Waals surface area contributed by atoms with E-state index in [1.807, 2.05) is 0 Å². The van der Waals surface area contributed by atoms with Gasteiger partial charge in [-0.05, 0) is 32.0 Å². The highest BCUT2D eigenvalue weighted by Gasteiger charge is 2.22. The van der Waals surface area contributed by atoms with Crippen molar-refractivity contribution in [2.75, 3.05) is 19.6 Å². The van der Waals surface area contributed by atoms with Crippen molar-refractivity contribution in [2.45, 2.75) is 32.2 Å². The third kappa shape index (κ3) is 2.38. The molecule has 1 aromatic heterocycles. The van der Waals surface area contributed by atoms with Crippen LogP contribution in [0.1, 0.15) is 37.1 Å². The number of likely N-dealkylation sites (tertiary alicyclic amines) is 1. The number of H-pyrrole nitrogens is 1. The Morgan fingerprint density at radius 1 is 1.67 bits per heavy atom. The van der Waals surface area contributed by atoms with E-state index in [9.17, 15) is 0 Å². The zero-order chi connectivity index (χ0) is 10.7. The molecule has 84 valence electrons. The van der Waals surface area contributed by atoms with Crippen LogP contribution in [-0.2, 0) is 6.54 Å². The molecule has 0 radical (unpaired) electrons. The topological polar surface area (TPSA) is 57.9 Å². The molecular weight excluding hydrogens is 188 g/mol. The summed E-state index contributed by atoms with van der Waals surface area (Å²) in [5.74, 6) is 0.593. The fourth-order valence-corrected chi connectivity index (χ4v) is 2.28. The molecule has 0 amide bonds. The molecule has 0 bridgehead atoms. The number of aromatic nitrogens is 2. The fourth-order valence-electron chi connectivity index (χ4n) is 2.28. The van der Waals surface area contributed by atoms with Gasteiger partial charge in [-0.25, -0.2) is 0 Å². The quantitative estimate of drug-likeness (QED) is 0.781. The first-order valence-corrected chi connectivity index (χ1v) is 5.80. The molecule has 2 rings (SSSR count). The van der Waals surface area contributed by atoms with Gasteiger partial charge in [-0.2, -0.15) is 5.10 Å². The minimum atomic E-state index is 0.553. The van der Waals surface area contributed by atoms with Crippen LogP contribution in [0.15, 0.2) is 6.07 Å². The highest BCUT2D eigenvalue weighted by atomic mass is 15.2. The number of nitrogens with two attached hydrogens (primary N) is 1. The number of rotatable bonds is 3. The van der Waals surface area contributed by atoms with Crippen LogP contribution in [0.4, 0.5) is 0 Å². The first-order chi connectivity index (χ1) is 7.33. The van der Waals surface area contributed by atoms with E-state index in [0.717, 1.165) is 18.8 Å². The zero-order valence-electron chi connectivity index (χ0n) is 9.37. The van der Waals surface area contributed by atoms with E-state index in [4.69, 9.17) is 5.73 Å². The average Bonchev–Trinajstić information content (AvgIpc) is 2.78. The van der Waals surface area contributed by atoms with Gasteiger partial charge in [0.2, 0.25) is 0 Å². The average molecular weight is 208 g/mol. The normalized spacial score (nSPS) is 23.2. The van der Waals surface area contributed by atoms with E-state index in [0.29, 0.717) is 12.5 Å². The Bertz CT molecular complexity index is 307. The van der Waals surface area contributed by atoms with Crippen LogP contribution in [0.5, 0.6) is 0 Å².